The molecule has 0 saturated carbocycles. The second kappa shape index (κ2) is 7.18. The van der Waals surface area contributed by atoms with Crippen LogP contribution >= 0.6 is 0 Å². The van der Waals surface area contributed by atoms with Crippen molar-refractivity contribution >= 4 is 28.9 Å². The van der Waals surface area contributed by atoms with Crippen molar-refractivity contribution in [3.8, 4) is 11.5 Å². The zero-order chi connectivity index (χ0) is 18.7. The van der Waals surface area contributed by atoms with Crippen LogP contribution in [-0.2, 0) is 0 Å². The second-order valence-corrected chi connectivity index (χ2v) is 5.08. The van der Waals surface area contributed by atoms with Crippen LogP contribution in [-0.4, -0.2) is 23.6 Å². The number of nitro benzene ring substituents is 1. The largest absolute Gasteiger partial charge is 0.493 e. The monoisotopic (exact) mass is 362 g/mol. The van der Waals surface area contributed by atoms with Crippen LogP contribution < -0.4 is 9.47 Å². The Bertz CT molecular complexity index is 984. The Morgan fingerprint density at radius 2 is 2.00 bits per heavy atom. The molecule has 3 rings (SSSR count). The van der Waals surface area contributed by atoms with Gasteiger partial charge in [0.05, 0.1) is 12.0 Å². The molecule has 0 N–H and O–H groups in total. The first-order chi connectivity index (χ1) is 12.5. The molecular weight excluding hydrogens is 350 g/mol. The van der Waals surface area contributed by atoms with E-state index in [9.17, 15) is 18.9 Å². The second-order valence-electron chi connectivity index (χ2n) is 5.08. The lowest BCUT2D eigenvalue weighted by Gasteiger charge is -2.10. The van der Waals surface area contributed by atoms with E-state index in [-0.39, 0.29) is 23.1 Å². The van der Waals surface area contributed by atoms with Gasteiger partial charge < -0.3 is 13.9 Å². The van der Waals surface area contributed by atoms with Crippen molar-refractivity contribution in [2.45, 2.75) is 6.61 Å². The van der Waals surface area contributed by atoms with Crippen LogP contribution in [0.15, 0.2) is 40.8 Å². The molecule has 9 heteroatoms. The first kappa shape index (κ1) is 17.3. The number of nitrogens with zero attached hydrogens (tertiary/aromatic N) is 2. The number of hydrogen-bond acceptors (Lipinski definition) is 6. The van der Waals surface area contributed by atoms with E-state index < -0.39 is 11.5 Å². The van der Waals surface area contributed by atoms with Crippen LogP contribution in [0, 0.1) is 10.1 Å². The van der Waals surface area contributed by atoms with Gasteiger partial charge in [-0.05, 0) is 29.8 Å². The van der Waals surface area contributed by atoms with E-state index in [4.69, 9.17) is 9.15 Å². The molecule has 0 spiro atoms. The Morgan fingerprint density at radius 1 is 1.19 bits per heavy atom. The molecule has 0 radical (unpaired) electrons. The molecule has 7 nitrogen and oxygen atoms in total. The fourth-order valence-electron chi connectivity index (χ4n) is 2.27. The fraction of sp³-hybridized carbons (Fsp3) is 0.118. The van der Waals surface area contributed by atoms with Gasteiger partial charge in [-0.1, -0.05) is 6.07 Å². The molecule has 0 amide bonds. The summed E-state index contributed by atoms with van der Waals surface area (Å²) in [5, 5.41) is 10.8. The quantitative estimate of drug-likeness (QED) is 0.473. The van der Waals surface area contributed by atoms with Gasteiger partial charge >= 0.3 is 6.61 Å². The van der Waals surface area contributed by atoms with Gasteiger partial charge in [-0.2, -0.15) is 8.78 Å². The molecule has 1 aromatic heterocycles. The van der Waals surface area contributed by atoms with Gasteiger partial charge in [-0.15, -0.1) is 0 Å². The molecule has 0 bridgehead atoms. The fourth-order valence-corrected chi connectivity index (χ4v) is 2.27. The summed E-state index contributed by atoms with van der Waals surface area (Å²) >= 11 is 0. The molecule has 0 unspecified atom stereocenters. The molecule has 0 aliphatic rings. The predicted molar refractivity (Wildman–Crippen MR) is 89.2 cm³/mol. The van der Waals surface area contributed by atoms with Crippen molar-refractivity contribution in [1.82, 2.24) is 4.98 Å². The lowest BCUT2D eigenvalue weighted by Crippen LogP contribution is -2.03. The highest BCUT2D eigenvalue weighted by molar-refractivity contribution is 5.78. The molecule has 134 valence electrons. The Hall–Kier alpha value is -3.49. The van der Waals surface area contributed by atoms with Gasteiger partial charge in [-0.3, -0.25) is 10.1 Å². The maximum atomic E-state index is 12.5. The number of oxazole rings is 1. The number of non-ortho nitro benzene ring substituents is 1. The van der Waals surface area contributed by atoms with Gasteiger partial charge in [0, 0.05) is 18.2 Å². The highest BCUT2D eigenvalue weighted by atomic mass is 19.3. The molecule has 2 aromatic carbocycles. The van der Waals surface area contributed by atoms with E-state index in [0.29, 0.717) is 16.7 Å². The van der Waals surface area contributed by atoms with Crippen molar-refractivity contribution < 1.29 is 27.6 Å². The molecular formula is C17H12F2N2O5. The van der Waals surface area contributed by atoms with Gasteiger partial charge in [0.15, 0.2) is 17.1 Å². The average Bonchev–Trinajstić information content (AvgIpc) is 3.01. The van der Waals surface area contributed by atoms with E-state index in [2.05, 4.69) is 9.72 Å². The van der Waals surface area contributed by atoms with Gasteiger partial charge in [-0.25, -0.2) is 4.98 Å². The number of aromatic nitrogens is 1. The van der Waals surface area contributed by atoms with Crippen LogP contribution in [0.2, 0.25) is 0 Å². The van der Waals surface area contributed by atoms with Crippen molar-refractivity contribution in [3.05, 3.63) is 58.0 Å². The number of hydrogen-bond donors (Lipinski definition) is 0. The predicted octanol–water partition coefficient (Wildman–Crippen LogP) is 4.52. The van der Waals surface area contributed by atoms with Crippen molar-refractivity contribution in [2.24, 2.45) is 0 Å². The number of fused-ring (bicyclic) bond motifs is 1. The van der Waals surface area contributed by atoms with E-state index in [1.54, 1.807) is 12.1 Å². The van der Waals surface area contributed by atoms with Crippen molar-refractivity contribution in [1.29, 1.82) is 0 Å². The summed E-state index contributed by atoms with van der Waals surface area (Å²) in [7, 11) is 1.35. The lowest BCUT2D eigenvalue weighted by atomic mass is 10.2. The third kappa shape index (κ3) is 3.77. The first-order valence-electron chi connectivity index (χ1n) is 7.32. The molecule has 0 aliphatic heterocycles. The minimum Gasteiger partial charge on any atom is -0.493 e. The molecule has 1 heterocycles. The minimum absolute atomic E-state index is 0.0923. The Labute approximate surface area is 145 Å². The summed E-state index contributed by atoms with van der Waals surface area (Å²) in [4.78, 5) is 14.4. The minimum atomic E-state index is -2.98. The van der Waals surface area contributed by atoms with Gasteiger partial charge in [0.25, 0.3) is 5.69 Å². The highest BCUT2D eigenvalue weighted by Crippen LogP contribution is 2.30. The van der Waals surface area contributed by atoms with Crippen LogP contribution in [0.1, 0.15) is 11.5 Å². The van der Waals surface area contributed by atoms with Crippen LogP contribution in [0.4, 0.5) is 14.5 Å². The standard InChI is InChI=1S/C17H12F2N2O5/c1-24-14-5-2-10(8-15(14)26-17(18)19)3-7-16-20-12-9-11(21(22)23)4-6-13(12)25-16/h2-9,17H,1H3/b7-3+. The van der Waals surface area contributed by atoms with E-state index in [1.807, 2.05) is 0 Å². The molecule has 0 aliphatic carbocycles. The van der Waals surface area contributed by atoms with Crippen molar-refractivity contribution in [3.63, 3.8) is 0 Å². The number of methoxy groups -OCH3 is 1. The zero-order valence-electron chi connectivity index (χ0n) is 13.4. The molecule has 0 fully saturated rings. The van der Waals surface area contributed by atoms with Gasteiger partial charge in [0.2, 0.25) is 5.89 Å². The Balaban J connectivity index is 1.87. The maximum Gasteiger partial charge on any atom is 0.387 e. The summed E-state index contributed by atoms with van der Waals surface area (Å²) in [5.41, 5.74) is 1.20. The summed E-state index contributed by atoms with van der Waals surface area (Å²) in [6.07, 6.45) is 3.09. The average molecular weight is 362 g/mol. The Kier molecular flexibility index (Phi) is 4.78. The Morgan fingerprint density at radius 3 is 2.69 bits per heavy atom. The number of halogens is 2. The van der Waals surface area contributed by atoms with Crippen LogP contribution in [0.5, 0.6) is 11.5 Å². The first-order valence-corrected chi connectivity index (χ1v) is 7.32. The van der Waals surface area contributed by atoms with Gasteiger partial charge in [0.1, 0.15) is 5.52 Å². The molecule has 26 heavy (non-hydrogen) atoms. The van der Waals surface area contributed by atoms with Crippen LogP contribution in [0.3, 0.4) is 0 Å². The normalized spacial score (nSPS) is 11.4. The van der Waals surface area contributed by atoms with Crippen molar-refractivity contribution in [2.75, 3.05) is 7.11 Å². The van der Waals surface area contributed by atoms with E-state index in [0.717, 1.165) is 0 Å². The maximum absolute atomic E-state index is 12.5. The summed E-state index contributed by atoms with van der Waals surface area (Å²) in [6, 6.07) is 8.60. The topological polar surface area (TPSA) is 87.6 Å². The smallest absolute Gasteiger partial charge is 0.387 e. The summed E-state index contributed by atoms with van der Waals surface area (Å²) < 4.78 is 39.8. The highest BCUT2D eigenvalue weighted by Gasteiger charge is 2.12. The van der Waals surface area contributed by atoms with E-state index in [1.165, 1.54) is 43.5 Å². The number of benzene rings is 2. The third-order valence-electron chi connectivity index (χ3n) is 3.42. The number of alkyl halides is 2. The summed E-state index contributed by atoms with van der Waals surface area (Å²) in [6.45, 7) is -2.98. The molecule has 0 atom stereocenters. The number of ether oxygens (including phenoxy) is 2. The number of nitro groups is 1. The zero-order valence-corrected chi connectivity index (χ0v) is 13.4. The lowest BCUT2D eigenvalue weighted by molar-refractivity contribution is -0.384. The molecule has 3 aromatic rings. The molecule has 0 saturated heterocycles. The third-order valence-corrected chi connectivity index (χ3v) is 3.42. The van der Waals surface area contributed by atoms with Crippen LogP contribution in [0.25, 0.3) is 23.3 Å². The SMILES string of the molecule is COc1ccc(/C=C/c2nc3cc([N+](=O)[O-])ccc3o2)cc1OC(F)F. The number of rotatable bonds is 6. The van der Waals surface area contributed by atoms with E-state index >= 15 is 0 Å². The summed E-state index contributed by atoms with van der Waals surface area (Å²) in [5.74, 6) is 0.294.